The summed E-state index contributed by atoms with van der Waals surface area (Å²) in [6.07, 6.45) is 2.83. The smallest absolute Gasteiger partial charge is 0.240 e. The minimum atomic E-state index is -0.0823. The van der Waals surface area contributed by atoms with Gasteiger partial charge >= 0.3 is 0 Å². The van der Waals surface area contributed by atoms with E-state index in [1.54, 1.807) is 6.21 Å². The number of hydrogen-bond donors (Lipinski definition) is 2. The maximum absolute atomic E-state index is 11.6. The fraction of sp³-hybridized carbons (Fsp3) is 0.176. The largest absolute Gasteiger partial charge is 0.385 e. The molecule has 0 radical (unpaired) electrons. The average molecular weight is 360 g/mol. The number of rotatable bonds is 7. The van der Waals surface area contributed by atoms with Crippen LogP contribution >= 0.6 is 15.9 Å². The number of benzene rings is 2. The molecule has 0 aromatic heterocycles. The summed E-state index contributed by atoms with van der Waals surface area (Å²) in [6, 6.07) is 17.6. The van der Waals surface area contributed by atoms with Crippen LogP contribution in [-0.2, 0) is 4.79 Å². The first-order chi connectivity index (χ1) is 10.7. The minimum Gasteiger partial charge on any atom is -0.385 e. The Morgan fingerprint density at radius 2 is 1.95 bits per heavy atom. The number of carbonyl (C=O) groups is 1. The van der Waals surface area contributed by atoms with Crippen LogP contribution in [0.5, 0.6) is 0 Å². The molecule has 5 heteroatoms. The van der Waals surface area contributed by atoms with Crippen molar-refractivity contribution in [2.24, 2.45) is 5.10 Å². The van der Waals surface area contributed by atoms with Gasteiger partial charge in [0.25, 0.3) is 0 Å². The lowest BCUT2D eigenvalue weighted by atomic mass is 10.2. The predicted molar refractivity (Wildman–Crippen MR) is 94.0 cm³/mol. The first kappa shape index (κ1) is 16.2. The third-order valence-corrected chi connectivity index (χ3v) is 3.43. The minimum absolute atomic E-state index is 0.0823. The van der Waals surface area contributed by atoms with Crippen molar-refractivity contribution in [3.63, 3.8) is 0 Å². The molecule has 4 nitrogen and oxygen atoms in total. The van der Waals surface area contributed by atoms with Gasteiger partial charge in [-0.1, -0.05) is 46.3 Å². The molecule has 2 aromatic rings. The zero-order valence-electron chi connectivity index (χ0n) is 12.1. The normalized spacial score (nSPS) is 10.6. The molecule has 114 valence electrons. The number of nitrogens with zero attached hydrogens (tertiary/aromatic N) is 1. The van der Waals surface area contributed by atoms with E-state index in [1.165, 1.54) is 0 Å². The Kier molecular flexibility index (Phi) is 6.64. The molecule has 0 fully saturated rings. The molecular weight excluding hydrogens is 342 g/mol. The van der Waals surface area contributed by atoms with Crippen LogP contribution in [0.15, 0.2) is 64.2 Å². The highest BCUT2D eigenvalue weighted by Gasteiger charge is 1.99. The highest BCUT2D eigenvalue weighted by molar-refractivity contribution is 9.10. The number of anilines is 1. The lowest BCUT2D eigenvalue weighted by Crippen LogP contribution is -2.18. The van der Waals surface area contributed by atoms with Gasteiger partial charge in [-0.3, -0.25) is 4.79 Å². The topological polar surface area (TPSA) is 53.5 Å². The van der Waals surface area contributed by atoms with Gasteiger partial charge in [-0.15, -0.1) is 0 Å². The van der Waals surface area contributed by atoms with E-state index in [2.05, 4.69) is 31.8 Å². The van der Waals surface area contributed by atoms with Crippen molar-refractivity contribution in [3.05, 3.63) is 64.6 Å². The van der Waals surface area contributed by atoms with Gasteiger partial charge in [-0.2, -0.15) is 5.10 Å². The first-order valence-electron chi connectivity index (χ1n) is 7.10. The summed E-state index contributed by atoms with van der Waals surface area (Å²) >= 11 is 3.39. The van der Waals surface area contributed by atoms with Gasteiger partial charge in [0.15, 0.2) is 0 Å². The number of hydrogen-bond acceptors (Lipinski definition) is 3. The second-order valence-electron chi connectivity index (χ2n) is 4.74. The van der Waals surface area contributed by atoms with Gasteiger partial charge in [0.1, 0.15) is 0 Å². The number of nitrogens with one attached hydrogen (secondary N) is 2. The third-order valence-electron chi connectivity index (χ3n) is 2.94. The summed E-state index contributed by atoms with van der Waals surface area (Å²) in [7, 11) is 0. The van der Waals surface area contributed by atoms with E-state index in [4.69, 9.17) is 0 Å². The Labute approximate surface area is 138 Å². The molecule has 0 heterocycles. The SMILES string of the molecule is O=C(CCCNc1ccccc1)N/N=C/c1cccc(Br)c1. The van der Waals surface area contributed by atoms with E-state index >= 15 is 0 Å². The number of para-hydroxylation sites is 1. The number of hydrazone groups is 1. The van der Waals surface area contributed by atoms with Crippen LogP contribution < -0.4 is 10.7 Å². The van der Waals surface area contributed by atoms with E-state index in [-0.39, 0.29) is 5.91 Å². The van der Waals surface area contributed by atoms with Crippen molar-refractivity contribution in [3.8, 4) is 0 Å². The van der Waals surface area contributed by atoms with Gasteiger partial charge in [0.05, 0.1) is 6.21 Å². The summed E-state index contributed by atoms with van der Waals surface area (Å²) < 4.78 is 0.981. The van der Waals surface area contributed by atoms with Gasteiger partial charge in [-0.25, -0.2) is 5.43 Å². The molecule has 0 aliphatic rings. The van der Waals surface area contributed by atoms with Crippen molar-refractivity contribution in [1.29, 1.82) is 0 Å². The summed E-state index contributed by atoms with van der Waals surface area (Å²) in [6.45, 7) is 0.757. The van der Waals surface area contributed by atoms with Gasteiger partial charge in [-0.05, 0) is 36.2 Å². The maximum Gasteiger partial charge on any atom is 0.240 e. The van der Waals surface area contributed by atoms with E-state index in [0.717, 1.165) is 28.7 Å². The van der Waals surface area contributed by atoms with Crippen molar-refractivity contribution in [1.82, 2.24) is 5.43 Å². The molecule has 0 bridgehead atoms. The van der Waals surface area contributed by atoms with Crippen LogP contribution in [0.25, 0.3) is 0 Å². The zero-order chi connectivity index (χ0) is 15.6. The van der Waals surface area contributed by atoms with Gasteiger partial charge < -0.3 is 5.32 Å². The molecule has 0 aliphatic carbocycles. The lowest BCUT2D eigenvalue weighted by molar-refractivity contribution is -0.121. The fourth-order valence-corrected chi connectivity index (χ4v) is 2.28. The highest BCUT2D eigenvalue weighted by Crippen LogP contribution is 2.09. The molecule has 0 saturated carbocycles. The number of amides is 1. The third kappa shape index (κ3) is 6.10. The Balaban J connectivity index is 1.64. The predicted octanol–water partition coefficient (Wildman–Crippen LogP) is 3.79. The molecule has 2 rings (SSSR count). The molecule has 22 heavy (non-hydrogen) atoms. The van der Waals surface area contributed by atoms with E-state index in [1.807, 2.05) is 54.6 Å². The summed E-state index contributed by atoms with van der Waals surface area (Å²) in [5.74, 6) is -0.0823. The lowest BCUT2D eigenvalue weighted by Gasteiger charge is -2.05. The van der Waals surface area contributed by atoms with E-state index in [9.17, 15) is 4.79 Å². The molecule has 0 saturated heterocycles. The first-order valence-corrected chi connectivity index (χ1v) is 7.90. The van der Waals surface area contributed by atoms with Gasteiger partial charge in [0, 0.05) is 23.1 Å². The van der Waals surface area contributed by atoms with Crippen LogP contribution in [-0.4, -0.2) is 18.7 Å². The second-order valence-corrected chi connectivity index (χ2v) is 5.66. The number of carbonyl (C=O) groups excluding carboxylic acids is 1. The zero-order valence-corrected chi connectivity index (χ0v) is 13.7. The van der Waals surface area contributed by atoms with Crippen LogP contribution in [0.3, 0.4) is 0 Å². The molecular formula is C17H18BrN3O. The summed E-state index contributed by atoms with van der Waals surface area (Å²) in [5.41, 5.74) is 4.53. The van der Waals surface area contributed by atoms with Crippen molar-refractivity contribution in [2.75, 3.05) is 11.9 Å². The molecule has 0 aliphatic heterocycles. The van der Waals surface area contributed by atoms with Crippen LogP contribution in [0, 0.1) is 0 Å². The Morgan fingerprint density at radius 1 is 1.14 bits per heavy atom. The standard InChI is InChI=1S/C17H18BrN3O/c18-15-7-4-6-14(12-15)13-20-21-17(22)10-5-11-19-16-8-2-1-3-9-16/h1-4,6-9,12-13,19H,5,10-11H2,(H,21,22)/b20-13+. The Bertz CT molecular complexity index is 629. The van der Waals surface area contributed by atoms with Crippen molar-refractivity contribution in [2.45, 2.75) is 12.8 Å². The van der Waals surface area contributed by atoms with Gasteiger partial charge in [0.2, 0.25) is 5.91 Å². The fourth-order valence-electron chi connectivity index (χ4n) is 1.86. The highest BCUT2D eigenvalue weighted by atomic mass is 79.9. The monoisotopic (exact) mass is 359 g/mol. The van der Waals surface area contributed by atoms with E-state index in [0.29, 0.717) is 6.42 Å². The molecule has 0 spiro atoms. The molecule has 0 unspecified atom stereocenters. The van der Waals surface area contributed by atoms with Crippen molar-refractivity contribution < 1.29 is 4.79 Å². The molecule has 2 N–H and O–H groups in total. The van der Waals surface area contributed by atoms with E-state index < -0.39 is 0 Å². The Morgan fingerprint density at radius 3 is 2.73 bits per heavy atom. The quantitative estimate of drug-likeness (QED) is 0.448. The van der Waals surface area contributed by atoms with Crippen LogP contribution in [0.4, 0.5) is 5.69 Å². The molecule has 2 aromatic carbocycles. The summed E-state index contributed by atoms with van der Waals surface area (Å²) in [4.78, 5) is 11.6. The van der Waals surface area contributed by atoms with Crippen LogP contribution in [0.1, 0.15) is 18.4 Å². The Hall–Kier alpha value is -2.14. The number of halogens is 1. The summed E-state index contributed by atoms with van der Waals surface area (Å²) in [5, 5.41) is 7.22. The van der Waals surface area contributed by atoms with Crippen molar-refractivity contribution >= 4 is 33.7 Å². The second kappa shape index (κ2) is 9.00. The maximum atomic E-state index is 11.6. The van der Waals surface area contributed by atoms with Crippen LogP contribution in [0.2, 0.25) is 0 Å². The molecule has 0 atom stereocenters. The molecule has 1 amide bonds. The average Bonchev–Trinajstić information content (AvgIpc) is 2.53.